The van der Waals surface area contributed by atoms with E-state index < -0.39 is 5.91 Å². The van der Waals surface area contributed by atoms with Gasteiger partial charge < -0.3 is 15.8 Å². The van der Waals surface area contributed by atoms with E-state index in [1.165, 1.54) is 0 Å². The lowest BCUT2D eigenvalue weighted by atomic mass is 10.1. The first-order chi connectivity index (χ1) is 8.29. The van der Waals surface area contributed by atoms with Gasteiger partial charge in [-0.05, 0) is 32.9 Å². The smallest absolute Gasteiger partial charge is 0.258 e. The van der Waals surface area contributed by atoms with Crippen molar-refractivity contribution in [2.75, 3.05) is 6.61 Å². The Morgan fingerprint density at radius 3 is 2.44 bits per heavy atom. The number of nitrogens with two attached hydrogens (primary N) is 1. The van der Waals surface area contributed by atoms with Gasteiger partial charge in [-0.3, -0.25) is 9.59 Å². The first kappa shape index (κ1) is 14.0. The highest BCUT2D eigenvalue weighted by molar-refractivity contribution is 5.95. The second-order valence-corrected chi connectivity index (χ2v) is 4.95. The molecule has 0 radical (unpaired) electrons. The summed E-state index contributed by atoms with van der Waals surface area (Å²) in [5.41, 5.74) is 5.15. The number of nitrogens with one attached hydrogen (secondary N) is 1. The number of rotatable bonds is 4. The van der Waals surface area contributed by atoms with Gasteiger partial charge in [0.05, 0.1) is 5.56 Å². The van der Waals surface area contributed by atoms with Crippen LogP contribution in [-0.2, 0) is 4.79 Å². The summed E-state index contributed by atoms with van der Waals surface area (Å²) < 4.78 is 5.29. The lowest BCUT2D eigenvalue weighted by molar-refractivity contribution is -0.124. The first-order valence-electron chi connectivity index (χ1n) is 5.62. The summed E-state index contributed by atoms with van der Waals surface area (Å²) in [5, 5.41) is 2.76. The van der Waals surface area contributed by atoms with Crippen LogP contribution in [0.4, 0.5) is 0 Å². The SMILES string of the molecule is CC(C)(C)NC(=O)COc1ccccc1C(N)=O. The maximum atomic E-state index is 11.6. The summed E-state index contributed by atoms with van der Waals surface area (Å²) in [7, 11) is 0. The van der Waals surface area contributed by atoms with Crippen LogP contribution in [0.5, 0.6) is 5.75 Å². The maximum absolute atomic E-state index is 11.6. The summed E-state index contributed by atoms with van der Waals surface area (Å²) in [6, 6.07) is 6.55. The van der Waals surface area contributed by atoms with Crippen molar-refractivity contribution >= 4 is 11.8 Å². The molecule has 3 N–H and O–H groups in total. The minimum Gasteiger partial charge on any atom is -0.483 e. The zero-order valence-electron chi connectivity index (χ0n) is 10.8. The second-order valence-electron chi connectivity index (χ2n) is 4.95. The van der Waals surface area contributed by atoms with Crippen molar-refractivity contribution < 1.29 is 14.3 Å². The van der Waals surface area contributed by atoms with Crippen molar-refractivity contribution in [3.05, 3.63) is 29.8 Å². The van der Waals surface area contributed by atoms with E-state index in [9.17, 15) is 9.59 Å². The average molecular weight is 250 g/mol. The van der Waals surface area contributed by atoms with Gasteiger partial charge in [0.1, 0.15) is 5.75 Å². The molecule has 0 aliphatic rings. The third-order valence-electron chi connectivity index (χ3n) is 2.03. The molecular formula is C13H18N2O3. The Morgan fingerprint density at radius 1 is 1.28 bits per heavy atom. The summed E-state index contributed by atoms with van der Waals surface area (Å²) in [5.74, 6) is -0.516. The van der Waals surface area contributed by atoms with E-state index in [2.05, 4.69) is 5.32 Å². The van der Waals surface area contributed by atoms with E-state index in [4.69, 9.17) is 10.5 Å². The Balaban J connectivity index is 2.64. The fourth-order valence-corrected chi connectivity index (χ4v) is 1.39. The average Bonchev–Trinajstić information content (AvgIpc) is 2.24. The van der Waals surface area contributed by atoms with Crippen LogP contribution >= 0.6 is 0 Å². The first-order valence-corrected chi connectivity index (χ1v) is 5.62. The Hall–Kier alpha value is -2.04. The number of ether oxygens (including phenoxy) is 1. The summed E-state index contributed by atoms with van der Waals surface area (Å²) in [6.45, 7) is 5.48. The van der Waals surface area contributed by atoms with Gasteiger partial charge in [-0.1, -0.05) is 12.1 Å². The van der Waals surface area contributed by atoms with E-state index >= 15 is 0 Å². The van der Waals surface area contributed by atoms with Crippen LogP contribution in [0.15, 0.2) is 24.3 Å². The van der Waals surface area contributed by atoms with Crippen LogP contribution in [0.3, 0.4) is 0 Å². The van der Waals surface area contributed by atoms with Crippen molar-refractivity contribution in [1.82, 2.24) is 5.32 Å². The molecule has 0 unspecified atom stereocenters. The van der Waals surface area contributed by atoms with Crippen LogP contribution in [0.25, 0.3) is 0 Å². The van der Waals surface area contributed by atoms with Crippen LogP contribution in [0.1, 0.15) is 31.1 Å². The van der Waals surface area contributed by atoms with Crippen molar-refractivity contribution in [2.45, 2.75) is 26.3 Å². The molecule has 18 heavy (non-hydrogen) atoms. The summed E-state index contributed by atoms with van der Waals surface area (Å²) in [6.07, 6.45) is 0. The second kappa shape index (κ2) is 5.53. The van der Waals surface area contributed by atoms with Crippen molar-refractivity contribution in [3.8, 4) is 5.75 Å². The molecule has 0 aromatic heterocycles. The number of primary amides is 1. The third-order valence-corrected chi connectivity index (χ3v) is 2.03. The fraction of sp³-hybridized carbons (Fsp3) is 0.385. The molecule has 0 spiro atoms. The highest BCUT2D eigenvalue weighted by atomic mass is 16.5. The Labute approximate surface area is 106 Å². The van der Waals surface area contributed by atoms with Gasteiger partial charge in [0.2, 0.25) is 0 Å². The molecule has 0 saturated heterocycles. The van der Waals surface area contributed by atoms with E-state index in [1.54, 1.807) is 24.3 Å². The van der Waals surface area contributed by atoms with Crippen LogP contribution in [0, 0.1) is 0 Å². The van der Waals surface area contributed by atoms with Gasteiger partial charge in [0, 0.05) is 5.54 Å². The summed E-state index contributed by atoms with van der Waals surface area (Å²) >= 11 is 0. The topological polar surface area (TPSA) is 81.4 Å². The third kappa shape index (κ3) is 4.45. The monoisotopic (exact) mass is 250 g/mol. The Morgan fingerprint density at radius 2 is 1.89 bits per heavy atom. The fourth-order valence-electron chi connectivity index (χ4n) is 1.39. The highest BCUT2D eigenvalue weighted by Gasteiger charge is 2.15. The maximum Gasteiger partial charge on any atom is 0.258 e. The molecule has 0 fully saturated rings. The van der Waals surface area contributed by atoms with Crippen LogP contribution < -0.4 is 15.8 Å². The van der Waals surface area contributed by atoms with Gasteiger partial charge in [0.25, 0.3) is 11.8 Å². The number of benzene rings is 1. The van der Waals surface area contributed by atoms with Gasteiger partial charge in [-0.25, -0.2) is 0 Å². The molecule has 0 saturated carbocycles. The van der Waals surface area contributed by atoms with Gasteiger partial charge in [0.15, 0.2) is 6.61 Å². The molecule has 1 aromatic carbocycles. The molecule has 5 nitrogen and oxygen atoms in total. The van der Waals surface area contributed by atoms with Gasteiger partial charge >= 0.3 is 0 Å². The molecule has 0 heterocycles. The molecule has 5 heteroatoms. The molecular weight excluding hydrogens is 232 g/mol. The molecule has 0 aliphatic heterocycles. The summed E-state index contributed by atoms with van der Waals surface area (Å²) in [4.78, 5) is 22.7. The Kier molecular flexibility index (Phi) is 4.31. The van der Waals surface area contributed by atoms with E-state index in [-0.39, 0.29) is 23.6 Å². The zero-order valence-corrected chi connectivity index (χ0v) is 10.8. The molecule has 2 amide bonds. The molecule has 0 aliphatic carbocycles. The normalized spacial score (nSPS) is 10.8. The van der Waals surface area contributed by atoms with E-state index in [1.807, 2.05) is 20.8 Å². The standard InChI is InChI=1S/C13H18N2O3/c1-13(2,3)15-11(16)8-18-10-7-5-4-6-9(10)12(14)17/h4-7H,8H2,1-3H3,(H2,14,17)(H,15,16). The predicted octanol–water partition coefficient (Wildman–Crippen LogP) is 1.08. The number of carbonyl (C=O) groups excluding carboxylic acids is 2. The highest BCUT2D eigenvalue weighted by Crippen LogP contribution is 2.16. The largest absolute Gasteiger partial charge is 0.483 e. The molecule has 98 valence electrons. The molecule has 0 bridgehead atoms. The van der Waals surface area contributed by atoms with Crippen molar-refractivity contribution in [2.24, 2.45) is 5.73 Å². The number of hydrogen-bond acceptors (Lipinski definition) is 3. The van der Waals surface area contributed by atoms with Crippen LogP contribution in [-0.4, -0.2) is 24.0 Å². The molecule has 0 atom stereocenters. The van der Waals surface area contributed by atoms with Crippen LogP contribution in [0.2, 0.25) is 0 Å². The lowest BCUT2D eigenvalue weighted by Gasteiger charge is -2.20. The van der Waals surface area contributed by atoms with Crippen molar-refractivity contribution in [1.29, 1.82) is 0 Å². The minimum atomic E-state index is -0.582. The van der Waals surface area contributed by atoms with E-state index in [0.29, 0.717) is 5.75 Å². The zero-order chi connectivity index (χ0) is 13.8. The Bertz CT molecular complexity index is 450. The quantitative estimate of drug-likeness (QED) is 0.839. The van der Waals surface area contributed by atoms with Gasteiger partial charge in [-0.15, -0.1) is 0 Å². The van der Waals surface area contributed by atoms with E-state index in [0.717, 1.165) is 0 Å². The molecule has 1 aromatic rings. The lowest BCUT2D eigenvalue weighted by Crippen LogP contribution is -2.43. The number of para-hydroxylation sites is 1. The number of carbonyl (C=O) groups is 2. The van der Waals surface area contributed by atoms with Gasteiger partial charge in [-0.2, -0.15) is 0 Å². The number of amides is 2. The van der Waals surface area contributed by atoms with Crippen molar-refractivity contribution in [3.63, 3.8) is 0 Å². The minimum absolute atomic E-state index is 0.151. The molecule has 1 rings (SSSR count). The number of hydrogen-bond donors (Lipinski definition) is 2. The predicted molar refractivity (Wildman–Crippen MR) is 68.4 cm³/mol.